The smallest absolute Gasteiger partial charge is 0.157 e. The lowest BCUT2D eigenvalue weighted by molar-refractivity contribution is -0.131. The van der Waals surface area contributed by atoms with Crippen molar-refractivity contribution in [3.05, 3.63) is 35.4 Å². The van der Waals surface area contributed by atoms with Gasteiger partial charge >= 0.3 is 0 Å². The number of nitrogens with one attached hydrogen (secondary N) is 2. The maximum Gasteiger partial charge on any atom is 0.157 e. The number of aliphatic hydroxyl groups excluding tert-OH is 1. The number of hydrogen-bond donors (Lipinski definition) is 3. The molecule has 0 saturated carbocycles. The Hall–Kier alpha value is -2.25. The lowest BCUT2D eigenvalue weighted by Crippen LogP contribution is -2.25. The van der Waals surface area contributed by atoms with Gasteiger partial charge in [-0.25, -0.2) is 9.97 Å². The number of allylic oxidation sites excluding steroid dienone is 2. The molecular weight excluding hydrogens is 318 g/mol. The minimum Gasteiger partial charge on any atom is -0.368 e. The second-order valence-electron chi connectivity index (χ2n) is 6.39. The molecule has 1 aliphatic rings. The molecular formula is C18H25N5O2. The Morgan fingerprint density at radius 2 is 2.16 bits per heavy atom. The van der Waals surface area contributed by atoms with Gasteiger partial charge in [-0.05, 0) is 45.6 Å². The van der Waals surface area contributed by atoms with Gasteiger partial charge in [0, 0.05) is 36.0 Å². The van der Waals surface area contributed by atoms with Crippen molar-refractivity contribution in [2.24, 2.45) is 5.92 Å². The van der Waals surface area contributed by atoms with Crippen molar-refractivity contribution < 1.29 is 9.84 Å². The average molecular weight is 343 g/mol. The number of anilines is 2. The fourth-order valence-corrected chi connectivity index (χ4v) is 3.01. The molecule has 134 valence electrons. The molecule has 25 heavy (non-hydrogen) atoms. The zero-order valence-electron chi connectivity index (χ0n) is 14.9. The third-order valence-corrected chi connectivity index (χ3v) is 4.30. The second kappa shape index (κ2) is 7.76. The Labute approximate surface area is 147 Å². The van der Waals surface area contributed by atoms with Crippen LogP contribution in [0, 0.1) is 19.8 Å². The molecule has 3 N–H and O–H groups in total. The molecule has 2 aromatic heterocycles. The van der Waals surface area contributed by atoms with Crippen molar-refractivity contribution in [3.63, 3.8) is 0 Å². The van der Waals surface area contributed by atoms with Gasteiger partial charge in [0.2, 0.25) is 0 Å². The highest BCUT2D eigenvalue weighted by molar-refractivity contribution is 5.63. The van der Waals surface area contributed by atoms with Gasteiger partial charge in [-0.3, -0.25) is 5.10 Å². The van der Waals surface area contributed by atoms with Gasteiger partial charge in [0.1, 0.15) is 5.82 Å². The Balaban J connectivity index is 1.74. The minimum atomic E-state index is -0.693. The van der Waals surface area contributed by atoms with Crippen LogP contribution in [0.2, 0.25) is 0 Å². The van der Waals surface area contributed by atoms with Crippen LogP contribution in [0.4, 0.5) is 11.6 Å². The third kappa shape index (κ3) is 4.43. The fraction of sp³-hybridized carbons (Fsp3) is 0.500. The predicted molar refractivity (Wildman–Crippen MR) is 96.3 cm³/mol. The first-order chi connectivity index (χ1) is 12.0. The summed E-state index contributed by atoms with van der Waals surface area (Å²) in [6, 6.07) is 3.83. The minimum absolute atomic E-state index is 0.137. The normalized spacial score (nSPS) is 18.7. The molecule has 2 atom stereocenters. The first kappa shape index (κ1) is 17.6. The number of aliphatic hydroxyl groups is 1. The van der Waals surface area contributed by atoms with E-state index in [9.17, 15) is 5.11 Å². The molecule has 0 aromatic carbocycles. The summed E-state index contributed by atoms with van der Waals surface area (Å²) in [5, 5.41) is 20.3. The summed E-state index contributed by atoms with van der Waals surface area (Å²) in [4.78, 5) is 9.20. The lowest BCUT2D eigenvalue weighted by atomic mass is 9.88. The molecule has 2 heterocycles. The van der Waals surface area contributed by atoms with E-state index >= 15 is 0 Å². The van der Waals surface area contributed by atoms with Crippen LogP contribution in [0.5, 0.6) is 0 Å². The summed E-state index contributed by atoms with van der Waals surface area (Å²) >= 11 is 0. The van der Waals surface area contributed by atoms with E-state index in [2.05, 4.69) is 31.6 Å². The summed E-state index contributed by atoms with van der Waals surface area (Å²) in [7, 11) is 0. The first-order valence-corrected chi connectivity index (χ1v) is 8.69. The standard InChI is InChI=1S/C18H25N5O2/c1-4-25-18(24)14-7-5-13(6-8-14)17-19-11(2)9-15(21-17)20-16-10-12(3)22-23-16/h5,9-10,14,18,24H,4,6-8H2,1-3H3,(H2,19,20,21,22,23). The molecule has 0 spiro atoms. The van der Waals surface area contributed by atoms with E-state index in [1.807, 2.05) is 32.9 Å². The van der Waals surface area contributed by atoms with E-state index in [1.54, 1.807) is 0 Å². The van der Waals surface area contributed by atoms with E-state index in [1.165, 1.54) is 0 Å². The van der Waals surface area contributed by atoms with Gasteiger partial charge in [-0.1, -0.05) is 6.08 Å². The zero-order chi connectivity index (χ0) is 17.8. The summed E-state index contributed by atoms with van der Waals surface area (Å²) in [6.07, 6.45) is 3.90. The van der Waals surface area contributed by atoms with Crippen molar-refractivity contribution in [2.45, 2.75) is 46.3 Å². The van der Waals surface area contributed by atoms with E-state index in [-0.39, 0.29) is 5.92 Å². The number of hydrogen-bond acceptors (Lipinski definition) is 6. The highest BCUT2D eigenvalue weighted by Gasteiger charge is 2.23. The molecule has 7 heteroatoms. The highest BCUT2D eigenvalue weighted by atomic mass is 16.6. The number of aromatic amines is 1. The summed E-state index contributed by atoms with van der Waals surface area (Å²) in [6.45, 7) is 6.33. The topological polar surface area (TPSA) is 96.0 Å². The Morgan fingerprint density at radius 1 is 1.32 bits per heavy atom. The summed E-state index contributed by atoms with van der Waals surface area (Å²) < 4.78 is 5.30. The first-order valence-electron chi connectivity index (χ1n) is 8.69. The Bertz CT molecular complexity index is 756. The fourth-order valence-electron chi connectivity index (χ4n) is 3.01. The van der Waals surface area contributed by atoms with E-state index in [0.717, 1.165) is 53.7 Å². The summed E-state index contributed by atoms with van der Waals surface area (Å²) in [5.41, 5.74) is 3.00. The number of nitrogens with zero attached hydrogens (tertiary/aromatic N) is 3. The van der Waals surface area contributed by atoms with Crippen LogP contribution in [-0.4, -0.2) is 38.2 Å². The Morgan fingerprint density at radius 3 is 2.80 bits per heavy atom. The number of ether oxygens (including phenoxy) is 1. The quantitative estimate of drug-likeness (QED) is 0.698. The molecule has 3 rings (SSSR count). The molecule has 0 saturated heterocycles. The molecule has 1 aliphatic carbocycles. The lowest BCUT2D eigenvalue weighted by Gasteiger charge is -2.25. The van der Waals surface area contributed by atoms with Gasteiger partial charge in [-0.2, -0.15) is 5.10 Å². The Kier molecular flexibility index (Phi) is 5.45. The highest BCUT2D eigenvalue weighted by Crippen LogP contribution is 2.31. The molecule has 0 radical (unpaired) electrons. The van der Waals surface area contributed by atoms with E-state index in [0.29, 0.717) is 6.61 Å². The van der Waals surface area contributed by atoms with Gasteiger partial charge in [-0.15, -0.1) is 0 Å². The van der Waals surface area contributed by atoms with Crippen molar-refractivity contribution in [1.29, 1.82) is 0 Å². The van der Waals surface area contributed by atoms with Crippen molar-refractivity contribution in [1.82, 2.24) is 20.2 Å². The SMILES string of the molecule is CCOC(O)C1CC=C(c2nc(C)cc(Nc3cc(C)[nH]n3)n2)CC1. The number of aromatic nitrogens is 4. The van der Waals surface area contributed by atoms with Crippen LogP contribution in [0.15, 0.2) is 18.2 Å². The summed E-state index contributed by atoms with van der Waals surface area (Å²) in [5.74, 6) is 2.34. The zero-order valence-corrected chi connectivity index (χ0v) is 14.9. The van der Waals surface area contributed by atoms with E-state index < -0.39 is 6.29 Å². The molecule has 0 bridgehead atoms. The third-order valence-electron chi connectivity index (χ3n) is 4.30. The number of aryl methyl sites for hydroxylation is 2. The van der Waals surface area contributed by atoms with Gasteiger partial charge < -0.3 is 15.2 Å². The molecule has 0 fully saturated rings. The predicted octanol–water partition coefficient (Wildman–Crippen LogP) is 3.10. The van der Waals surface area contributed by atoms with Crippen molar-refractivity contribution >= 4 is 17.2 Å². The van der Waals surface area contributed by atoms with E-state index in [4.69, 9.17) is 4.74 Å². The monoisotopic (exact) mass is 343 g/mol. The molecule has 2 aromatic rings. The van der Waals surface area contributed by atoms with Gasteiger partial charge in [0.25, 0.3) is 0 Å². The number of rotatable bonds is 6. The molecule has 0 amide bonds. The van der Waals surface area contributed by atoms with Gasteiger partial charge in [0.05, 0.1) is 0 Å². The maximum atomic E-state index is 9.98. The molecule has 7 nitrogen and oxygen atoms in total. The largest absolute Gasteiger partial charge is 0.368 e. The van der Waals surface area contributed by atoms with Gasteiger partial charge in [0.15, 0.2) is 17.9 Å². The van der Waals surface area contributed by atoms with Crippen LogP contribution in [0.1, 0.15) is 43.4 Å². The van der Waals surface area contributed by atoms with Crippen LogP contribution in [-0.2, 0) is 4.74 Å². The van der Waals surface area contributed by atoms with Crippen LogP contribution in [0.3, 0.4) is 0 Å². The van der Waals surface area contributed by atoms with Crippen molar-refractivity contribution in [2.75, 3.05) is 11.9 Å². The van der Waals surface area contributed by atoms with Crippen LogP contribution in [0.25, 0.3) is 5.57 Å². The molecule has 0 aliphatic heterocycles. The van der Waals surface area contributed by atoms with Crippen LogP contribution >= 0.6 is 0 Å². The second-order valence-corrected chi connectivity index (χ2v) is 6.39. The average Bonchev–Trinajstić information content (AvgIpc) is 2.99. The maximum absolute atomic E-state index is 9.98. The number of H-pyrrole nitrogens is 1. The van der Waals surface area contributed by atoms with Crippen molar-refractivity contribution in [3.8, 4) is 0 Å². The van der Waals surface area contributed by atoms with Crippen LogP contribution < -0.4 is 5.32 Å². The molecule has 2 unspecified atom stereocenters.